The lowest BCUT2D eigenvalue weighted by Gasteiger charge is -2.30. The first-order valence-electron chi connectivity index (χ1n) is 6.49. The van der Waals surface area contributed by atoms with Crippen LogP contribution in [0.3, 0.4) is 0 Å². The Labute approximate surface area is 121 Å². The molecule has 0 saturated carbocycles. The Bertz CT molecular complexity index is 601. The smallest absolute Gasteiger partial charge is 0.376 e. The summed E-state index contributed by atoms with van der Waals surface area (Å²) >= 11 is 0. The zero-order chi connectivity index (χ0) is 15.7. The van der Waals surface area contributed by atoms with Gasteiger partial charge in [-0.2, -0.15) is 21.6 Å². The molecule has 0 N–H and O–H groups in total. The van der Waals surface area contributed by atoms with Crippen molar-refractivity contribution in [3.8, 4) is 5.75 Å². The van der Waals surface area contributed by atoms with Gasteiger partial charge in [-0.1, -0.05) is 18.2 Å². The molecule has 0 spiro atoms. The van der Waals surface area contributed by atoms with E-state index in [1.54, 1.807) is 12.1 Å². The van der Waals surface area contributed by atoms with Crippen molar-refractivity contribution in [3.63, 3.8) is 0 Å². The van der Waals surface area contributed by atoms with Crippen LogP contribution in [-0.4, -0.2) is 39.0 Å². The molecule has 0 bridgehead atoms. The average Bonchev–Trinajstić information content (AvgIpc) is 2.37. The topological polar surface area (TPSA) is 46.6 Å². The van der Waals surface area contributed by atoms with Crippen molar-refractivity contribution in [1.29, 1.82) is 0 Å². The summed E-state index contributed by atoms with van der Waals surface area (Å²) in [4.78, 5) is 2.06. The Balaban J connectivity index is 2.29. The van der Waals surface area contributed by atoms with Crippen LogP contribution >= 0.6 is 0 Å². The summed E-state index contributed by atoms with van der Waals surface area (Å²) in [5.74, 6) is -0.279. The van der Waals surface area contributed by atoms with Gasteiger partial charge in [-0.15, -0.1) is 0 Å². The maximum Gasteiger partial charge on any atom is 0.534 e. The summed E-state index contributed by atoms with van der Waals surface area (Å²) in [6.45, 7) is 1.58. The summed E-state index contributed by atoms with van der Waals surface area (Å²) in [5.41, 5.74) is -4.93. The third-order valence-electron chi connectivity index (χ3n) is 3.47. The Kier molecular flexibility index (Phi) is 4.48. The third-order valence-corrected chi connectivity index (χ3v) is 4.43. The quantitative estimate of drug-likeness (QED) is 0.634. The second-order valence-corrected chi connectivity index (χ2v) is 6.66. The first-order chi connectivity index (χ1) is 9.71. The predicted molar refractivity (Wildman–Crippen MR) is 71.5 cm³/mol. The standard InChI is InChI=1S/C13H16F3NO3S/c1-17-8-4-5-10(9-17)11-6-2-3-7-12(11)20-21(18,19)13(14,15)16/h2-3,6-7,10H,4-5,8-9H2,1H3. The minimum absolute atomic E-state index is 0.0385. The molecule has 1 aliphatic rings. The van der Waals surface area contributed by atoms with Crippen LogP contribution in [0.2, 0.25) is 0 Å². The Morgan fingerprint density at radius 2 is 1.95 bits per heavy atom. The number of hydrogen-bond acceptors (Lipinski definition) is 4. The number of likely N-dealkylation sites (N-methyl/N-ethyl adjacent to an activating group) is 1. The Morgan fingerprint density at radius 3 is 2.57 bits per heavy atom. The molecule has 4 nitrogen and oxygen atoms in total. The van der Waals surface area contributed by atoms with Gasteiger partial charge in [0.05, 0.1) is 0 Å². The van der Waals surface area contributed by atoms with Gasteiger partial charge in [-0.3, -0.25) is 0 Å². The number of likely N-dealkylation sites (tertiary alicyclic amines) is 1. The molecule has 1 aromatic rings. The van der Waals surface area contributed by atoms with Crippen LogP contribution in [0.15, 0.2) is 24.3 Å². The van der Waals surface area contributed by atoms with Crippen LogP contribution in [0, 0.1) is 0 Å². The van der Waals surface area contributed by atoms with E-state index in [1.807, 2.05) is 7.05 Å². The van der Waals surface area contributed by atoms with E-state index in [0.717, 1.165) is 19.4 Å². The third kappa shape index (κ3) is 3.68. The molecule has 21 heavy (non-hydrogen) atoms. The van der Waals surface area contributed by atoms with Gasteiger partial charge >= 0.3 is 15.6 Å². The van der Waals surface area contributed by atoms with Gasteiger partial charge in [-0.25, -0.2) is 0 Å². The molecular formula is C13H16F3NO3S. The Hall–Kier alpha value is -1.28. The molecule has 1 unspecified atom stereocenters. The number of halogens is 3. The molecule has 0 amide bonds. The summed E-state index contributed by atoms with van der Waals surface area (Å²) in [5, 5.41) is 0. The van der Waals surface area contributed by atoms with Crippen molar-refractivity contribution in [3.05, 3.63) is 29.8 Å². The van der Waals surface area contributed by atoms with Crippen molar-refractivity contribution >= 4 is 10.1 Å². The fraction of sp³-hybridized carbons (Fsp3) is 0.538. The van der Waals surface area contributed by atoms with E-state index in [-0.39, 0.29) is 11.7 Å². The van der Waals surface area contributed by atoms with Crippen molar-refractivity contribution in [2.75, 3.05) is 20.1 Å². The molecule has 1 saturated heterocycles. The first kappa shape index (κ1) is 16.1. The molecule has 118 valence electrons. The van der Waals surface area contributed by atoms with Gasteiger partial charge in [0.15, 0.2) is 0 Å². The zero-order valence-corrected chi connectivity index (χ0v) is 12.2. The summed E-state index contributed by atoms with van der Waals surface area (Å²) in [6.07, 6.45) is 1.69. The van der Waals surface area contributed by atoms with Crippen LogP contribution < -0.4 is 4.18 Å². The Morgan fingerprint density at radius 1 is 1.29 bits per heavy atom. The van der Waals surface area contributed by atoms with Gasteiger partial charge in [0.25, 0.3) is 0 Å². The molecule has 0 aromatic heterocycles. The first-order valence-corrected chi connectivity index (χ1v) is 7.90. The van der Waals surface area contributed by atoms with Gasteiger partial charge in [0.2, 0.25) is 0 Å². The highest BCUT2D eigenvalue weighted by atomic mass is 32.2. The lowest BCUT2D eigenvalue weighted by atomic mass is 9.90. The largest absolute Gasteiger partial charge is 0.534 e. The summed E-state index contributed by atoms with van der Waals surface area (Å²) in [7, 11) is -3.72. The maximum absolute atomic E-state index is 12.4. The van der Waals surface area contributed by atoms with E-state index in [4.69, 9.17) is 0 Å². The highest BCUT2D eigenvalue weighted by Crippen LogP contribution is 2.35. The molecule has 1 heterocycles. The molecule has 1 aromatic carbocycles. The number of benzene rings is 1. The minimum atomic E-state index is -5.64. The van der Waals surface area contributed by atoms with Crippen LogP contribution in [-0.2, 0) is 10.1 Å². The molecular weight excluding hydrogens is 307 g/mol. The average molecular weight is 323 g/mol. The maximum atomic E-state index is 12.4. The fourth-order valence-corrected chi connectivity index (χ4v) is 2.96. The second-order valence-electron chi connectivity index (χ2n) is 5.12. The zero-order valence-electron chi connectivity index (χ0n) is 11.4. The lowest BCUT2D eigenvalue weighted by molar-refractivity contribution is -0.0500. The van der Waals surface area contributed by atoms with Crippen LogP contribution in [0.1, 0.15) is 24.3 Å². The molecule has 0 aliphatic carbocycles. The number of piperidine rings is 1. The molecule has 2 rings (SSSR count). The van der Waals surface area contributed by atoms with Crippen molar-refractivity contribution in [2.24, 2.45) is 0 Å². The predicted octanol–water partition coefficient (Wildman–Crippen LogP) is 2.72. The highest BCUT2D eigenvalue weighted by molar-refractivity contribution is 7.88. The lowest BCUT2D eigenvalue weighted by Crippen LogP contribution is -2.32. The molecule has 1 aliphatic heterocycles. The fourth-order valence-electron chi connectivity index (χ4n) is 2.48. The number of para-hydroxylation sites is 1. The SMILES string of the molecule is CN1CCCC(c2ccccc2OS(=O)(=O)C(F)(F)F)C1. The van der Waals surface area contributed by atoms with E-state index in [9.17, 15) is 21.6 Å². The molecule has 0 radical (unpaired) electrons. The van der Waals surface area contributed by atoms with E-state index in [0.29, 0.717) is 12.1 Å². The van der Waals surface area contributed by atoms with E-state index < -0.39 is 15.6 Å². The molecule has 1 atom stereocenters. The van der Waals surface area contributed by atoms with Gasteiger partial charge < -0.3 is 9.08 Å². The van der Waals surface area contributed by atoms with E-state index in [2.05, 4.69) is 9.08 Å². The van der Waals surface area contributed by atoms with Crippen molar-refractivity contribution in [1.82, 2.24) is 4.90 Å². The van der Waals surface area contributed by atoms with Gasteiger partial charge in [-0.05, 0) is 32.5 Å². The van der Waals surface area contributed by atoms with Crippen LogP contribution in [0.4, 0.5) is 13.2 Å². The number of nitrogens with zero attached hydrogens (tertiary/aromatic N) is 1. The van der Waals surface area contributed by atoms with Crippen molar-refractivity contribution < 1.29 is 25.8 Å². The molecule has 1 fully saturated rings. The molecule has 8 heteroatoms. The van der Waals surface area contributed by atoms with Crippen LogP contribution in [0.25, 0.3) is 0 Å². The highest BCUT2D eigenvalue weighted by Gasteiger charge is 2.48. The van der Waals surface area contributed by atoms with E-state index in [1.165, 1.54) is 12.1 Å². The summed E-state index contributed by atoms with van der Waals surface area (Å²) in [6, 6.07) is 5.99. The van der Waals surface area contributed by atoms with Gasteiger partial charge in [0, 0.05) is 18.0 Å². The second kappa shape index (κ2) is 5.84. The van der Waals surface area contributed by atoms with E-state index >= 15 is 0 Å². The van der Waals surface area contributed by atoms with Crippen molar-refractivity contribution in [2.45, 2.75) is 24.3 Å². The normalized spacial score (nSPS) is 21.2. The number of hydrogen-bond donors (Lipinski definition) is 0. The number of rotatable bonds is 3. The minimum Gasteiger partial charge on any atom is -0.376 e. The monoisotopic (exact) mass is 323 g/mol. The van der Waals surface area contributed by atoms with Crippen LogP contribution in [0.5, 0.6) is 5.75 Å². The number of alkyl halides is 3. The summed E-state index contributed by atoms with van der Waals surface area (Å²) < 4.78 is 63.9. The van der Waals surface area contributed by atoms with Gasteiger partial charge in [0.1, 0.15) is 5.75 Å².